The molecule has 2 atom stereocenters. The van der Waals surface area contributed by atoms with Gasteiger partial charge in [0.05, 0.1) is 0 Å². The molecule has 1 saturated carbocycles. The molecule has 1 fully saturated rings. The van der Waals surface area contributed by atoms with E-state index in [1.54, 1.807) is 0 Å². The third-order valence-electron chi connectivity index (χ3n) is 5.45. The third-order valence-corrected chi connectivity index (χ3v) is 5.45. The number of aryl methyl sites for hydroxylation is 1. The number of carbonyl (C=O) groups is 1. The molecule has 0 N–H and O–H groups in total. The Hall–Kier alpha value is -2.87. The molecule has 0 radical (unpaired) electrons. The summed E-state index contributed by atoms with van der Waals surface area (Å²) in [5.74, 6) is 2.07. The smallest absolute Gasteiger partial charge is 0.150 e. The maximum absolute atomic E-state index is 11.3. The lowest BCUT2D eigenvalue weighted by molar-refractivity contribution is 0.112. The van der Waals surface area contributed by atoms with Crippen molar-refractivity contribution in [3.05, 3.63) is 101 Å². The van der Waals surface area contributed by atoms with Crippen LogP contribution in [-0.4, -0.2) is 6.29 Å². The lowest BCUT2D eigenvalue weighted by Crippen LogP contribution is -2.02. The van der Waals surface area contributed by atoms with Gasteiger partial charge in [0.1, 0.15) is 18.6 Å². The van der Waals surface area contributed by atoms with Crippen LogP contribution in [0.4, 0.5) is 0 Å². The Balaban J connectivity index is 1.48. The summed E-state index contributed by atoms with van der Waals surface area (Å²) in [5, 5.41) is 0. The van der Waals surface area contributed by atoms with E-state index >= 15 is 0 Å². The van der Waals surface area contributed by atoms with Gasteiger partial charge in [-0.1, -0.05) is 72.8 Å². The molecule has 2 unspecified atom stereocenters. The van der Waals surface area contributed by atoms with Crippen molar-refractivity contribution in [3.8, 4) is 5.75 Å². The fourth-order valence-electron chi connectivity index (χ4n) is 3.90. The average molecular weight is 356 g/mol. The third kappa shape index (κ3) is 3.95. The number of carbonyl (C=O) groups excluding carboxylic acids is 1. The van der Waals surface area contributed by atoms with Crippen molar-refractivity contribution < 1.29 is 9.53 Å². The van der Waals surface area contributed by atoms with Gasteiger partial charge in [0, 0.05) is 5.56 Å². The first-order chi connectivity index (χ1) is 13.3. The maximum Gasteiger partial charge on any atom is 0.150 e. The van der Waals surface area contributed by atoms with E-state index in [0.29, 0.717) is 18.4 Å². The van der Waals surface area contributed by atoms with E-state index in [1.165, 1.54) is 22.3 Å². The molecule has 0 aliphatic heterocycles. The topological polar surface area (TPSA) is 26.3 Å². The van der Waals surface area contributed by atoms with Gasteiger partial charge in [-0.2, -0.15) is 0 Å². The Bertz CT molecular complexity index is 930. The van der Waals surface area contributed by atoms with Crippen LogP contribution in [0.15, 0.2) is 72.8 Å². The number of ether oxygens (including phenoxy) is 1. The summed E-state index contributed by atoms with van der Waals surface area (Å²) in [4.78, 5) is 11.3. The van der Waals surface area contributed by atoms with Gasteiger partial charge >= 0.3 is 0 Å². The largest absolute Gasteiger partial charge is 0.488 e. The minimum atomic E-state index is 0.480. The van der Waals surface area contributed by atoms with Gasteiger partial charge in [-0.05, 0) is 53.9 Å². The first kappa shape index (κ1) is 17.5. The molecular formula is C25H24O2. The molecule has 0 spiro atoms. The SMILES string of the molecule is Cc1cccc(CC2CC2c2ccccc2C=O)c1OCc1ccccc1. The van der Waals surface area contributed by atoms with E-state index in [-0.39, 0.29) is 0 Å². The van der Waals surface area contributed by atoms with Crippen molar-refractivity contribution in [2.45, 2.75) is 32.3 Å². The molecule has 0 heterocycles. The van der Waals surface area contributed by atoms with Crippen molar-refractivity contribution >= 4 is 6.29 Å². The first-order valence-electron chi connectivity index (χ1n) is 9.55. The van der Waals surface area contributed by atoms with Gasteiger partial charge in [-0.25, -0.2) is 0 Å². The minimum absolute atomic E-state index is 0.480. The van der Waals surface area contributed by atoms with Gasteiger partial charge < -0.3 is 4.74 Å². The Morgan fingerprint density at radius 1 is 0.963 bits per heavy atom. The predicted molar refractivity (Wildman–Crippen MR) is 108 cm³/mol. The van der Waals surface area contributed by atoms with Gasteiger partial charge in [-0.15, -0.1) is 0 Å². The van der Waals surface area contributed by atoms with E-state index in [1.807, 2.05) is 36.4 Å². The van der Waals surface area contributed by atoms with Crippen LogP contribution < -0.4 is 4.74 Å². The van der Waals surface area contributed by atoms with Crippen LogP contribution in [0.3, 0.4) is 0 Å². The molecule has 27 heavy (non-hydrogen) atoms. The lowest BCUT2D eigenvalue weighted by atomic mass is 9.99. The standard InChI is InChI=1S/C25H24O2/c1-18-8-7-12-20(25(18)27-17-19-9-3-2-4-10-19)14-22-15-24(22)23-13-6-5-11-21(23)16-26/h2-13,16,22,24H,14-15,17H2,1H3. The summed E-state index contributed by atoms with van der Waals surface area (Å²) in [6.07, 6.45) is 3.10. The predicted octanol–water partition coefficient (Wildman–Crippen LogP) is 5.73. The molecule has 136 valence electrons. The number of hydrogen-bond donors (Lipinski definition) is 0. The summed E-state index contributed by atoms with van der Waals surface area (Å²) in [7, 11) is 0. The second-order valence-corrected chi connectivity index (χ2v) is 7.39. The lowest BCUT2D eigenvalue weighted by Gasteiger charge is -2.14. The second-order valence-electron chi connectivity index (χ2n) is 7.39. The molecule has 2 heteroatoms. The van der Waals surface area contributed by atoms with Gasteiger partial charge in [0.2, 0.25) is 0 Å². The normalized spacial score (nSPS) is 18.1. The average Bonchev–Trinajstić information content (AvgIpc) is 3.47. The monoisotopic (exact) mass is 356 g/mol. The molecule has 3 aromatic rings. The molecule has 1 aliphatic rings. The van der Waals surface area contributed by atoms with E-state index in [0.717, 1.165) is 30.4 Å². The van der Waals surface area contributed by atoms with Crippen LogP contribution in [0.1, 0.15) is 45.0 Å². The van der Waals surface area contributed by atoms with E-state index in [4.69, 9.17) is 4.74 Å². The Morgan fingerprint density at radius 2 is 1.74 bits per heavy atom. The molecular weight excluding hydrogens is 332 g/mol. The maximum atomic E-state index is 11.3. The van der Waals surface area contributed by atoms with Crippen LogP contribution in [0.25, 0.3) is 0 Å². The van der Waals surface area contributed by atoms with Crippen LogP contribution in [0.5, 0.6) is 5.75 Å². The zero-order valence-electron chi connectivity index (χ0n) is 15.6. The summed E-state index contributed by atoms with van der Waals surface area (Å²) in [6.45, 7) is 2.69. The molecule has 2 nitrogen and oxygen atoms in total. The van der Waals surface area contributed by atoms with Crippen LogP contribution in [0, 0.1) is 12.8 Å². The Kier molecular flexibility index (Phi) is 5.06. The molecule has 3 aromatic carbocycles. The molecule has 1 aliphatic carbocycles. The number of para-hydroxylation sites is 1. The molecule has 0 bridgehead atoms. The van der Waals surface area contributed by atoms with Crippen molar-refractivity contribution in [2.24, 2.45) is 5.92 Å². The van der Waals surface area contributed by atoms with Gasteiger partial charge in [0.15, 0.2) is 0 Å². The van der Waals surface area contributed by atoms with Crippen LogP contribution in [0.2, 0.25) is 0 Å². The van der Waals surface area contributed by atoms with Crippen molar-refractivity contribution in [2.75, 3.05) is 0 Å². The van der Waals surface area contributed by atoms with E-state index < -0.39 is 0 Å². The fraction of sp³-hybridized carbons (Fsp3) is 0.240. The number of benzene rings is 3. The van der Waals surface area contributed by atoms with Crippen molar-refractivity contribution in [3.63, 3.8) is 0 Å². The zero-order valence-corrected chi connectivity index (χ0v) is 15.6. The number of hydrogen-bond acceptors (Lipinski definition) is 2. The quantitative estimate of drug-likeness (QED) is 0.505. The minimum Gasteiger partial charge on any atom is -0.488 e. The highest BCUT2D eigenvalue weighted by Crippen LogP contribution is 2.51. The van der Waals surface area contributed by atoms with Crippen molar-refractivity contribution in [1.82, 2.24) is 0 Å². The first-order valence-corrected chi connectivity index (χ1v) is 9.55. The van der Waals surface area contributed by atoms with Gasteiger partial charge in [0.25, 0.3) is 0 Å². The van der Waals surface area contributed by atoms with E-state index in [9.17, 15) is 4.79 Å². The highest BCUT2D eigenvalue weighted by atomic mass is 16.5. The fourth-order valence-corrected chi connectivity index (χ4v) is 3.90. The van der Waals surface area contributed by atoms with Crippen LogP contribution >= 0.6 is 0 Å². The van der Waals surface area contributed by atoms with Crippen molar-refractivity contribution in [1.29, 1.82) is 0 Å². The molecule has 0 aromatic heterocycles. The highest BCUT2D eigenvalue weighted by molar-refractivity contribution is 5.77. The highest BCUT2D eigenvalue weighted by Gasteiger charge is 2.39. The number of aldehydes is 1. The molecule has 4 rings (SSSR count). The number of rotatable bonds is 7. The summed E-state index contributed by atoms with van der Waals surface area (Å²) in [6, 6.07) is 24.6. The summed E-state index contributed by atoms with van der Waals surface area (Å²) in [5.41, 5.74) is 5.64. The molecule has 0 saturated heterocycles. The van der Waals surface area contributed by atoms with Gasteiger partial charge in [-0.3, -0.25) is 4.79 Å². The van der Waals surface area contributed by atoms with E-state index in [2.05, 4.69) is 43.3 Å². The summed E-state index contributed by atoms with van der Waals surface area (Å²) < 4.78 is 6.21. The molecule has 0 amide bonds. The zero-order chi connectivity index (χ0) is 18.6. The van der Waals surface area contributed by atoms with Crippen LogP contribution in [-0.2, 0) is 13.0 Å². The Morgan fingerprint density at radius 3 is 2.56 bits per heavy atom. The Labute approximate surface area is 160 Å². The summed E-state index contributed by atoms with van der Waals surface area (Å²) >= 11 is 0. The second kappa shape index (κ2) is 7.79.